The smallest absolute Gasteiger partial charge is 0.284 e. The van der Waals surface area contributed by atoms with Crippen LogP contribution in [-0.4, -0.2) is 44.9 Å². The standard InChI is InChI=1S/C24H25N3O3S/c1-26(2)18-8-5-7-16(13-18)19-15-20(17-10-11-21(29-3)22(14-17)30-4)27(25-19)24(28)23-9-6-12-31-23/h5-14,20H,15H2,1-4H3. The molecule has 0 aliphatic carbocycles. The summed E-state index contributed by atoms with van der Waals surface area (Å²) in [4.78, 5) is 16.0. The molecular weight excluding hydrogens is 410 g/mol. The van der Waals surface area contributed by atoms with Gasteiger partial charge in [0.15, 0.2) is 11.5 Å². The molecule has 1 amide bonds. The molecule has 2 heterocycles. The van der Waals surface area contributed by atoms with Crippen molar-refractivity contribution in [3.63, 3.8) is 0 Å². The van der Waals surface area contributed by atoms with Gasteiger partial charge in [-0.1, -0.05) is 24.3 Å². The molecule has 1 aliphatic rings. The van der Waals surface area contributed by atoms with Crippen molar-refractivity contribution in [3.8, 4) is 11.5 Å². The molecule has 4 rings (SSSR count). The van der Waals surface area contributed by atoms with Crippen LogP contribution < -0.4 is 14.4 Å². The molecule has 1 aromatic heterocycles. The Morgan fingerprint density at radius 1 is 1.06 bits per heavy atom. The van der Waals surface area contributed by atoms with Gasteiger partial charge in [-0.05, 0) is 46.8 Å². The third-order valence-corrected chi connectivity index (χ3v) is 6.20. The number of anilines is 1. The molecule has 0 radical (unpaired) electrons. The van der Waals surface area contributed by atoms with E-state index in [4.69, 9.17) is 14.6 Å². The summed E-state index contributed by atoms with van der Waals surface area (Å²) in [5, 5.41) is 8.29. The lowest BCUT2D eigenvalue weighted by molar-refractivity contribution is 0.0716. The normalized spacial score (nSPS) is 15.5. The third kappa shape index (κ3) is 4.14. The van der Waals surface area contributed by atoms with Crippen molar-refractivity contribution in [1.29, 1.82) is 0 Å². The molecule has 1 unspecified atom stereocenters. The van der Waals surface area contributed by atoms with Crippen LogP contribution in [0.2, 0.25) is 0 Å². The molecule has 1 aliphatic heterocycles. The first-order valence-electron chi connectivity index (χ1n) is 9.96. The number of thiophene rings is 1. The van der Waals surface area contributed by atoms with Crippen LogP contribution in [-0.2, 0) is 0 Å². The molecule has 0 N–H and O–H groups in total. The van der Waals surface area contributed by atoms with Gasteiger partial charge in [0.2, 0.25) is 0 Å². The zero-order chi connectivity index (χ0) is 22.0. The maximum absolute atomic E-state index is 13.3. The predicted octanol–water partition coefficient (Wildman–Crippen LogP) is 4.82. The van der Waals surface area contributed by atoms with Gasteiger partial charge in [-0.25, -0.2) is 5.01 Å². The molecule has 0 saturated carbocycles. The molecule has 0 fully saturated rings. The van der Waals surface area contributed by atoms with Gasteiger partial charge in [0.25, 0.3) is 5.91 Å². The quantitative estimate of drug-likeness (QED) is 0.557. The summed E-state index contributed by atoms with van der Waals surface area (Å²) in [7, 11) is 7.24. The summed E-state index contributed by atoms with van der Waals surface area (Å²) < 4.78 is 10.9. The monoisotopic (exact) mass is 435 g/mol. The van der Waals surface area contributed by atoms with Gasteiger partial charge in [0.1, 0.15) is 0 Å². The lowest BCUT2D eigenvalue weighted by atomic mass is 9.97. The summed E-state index contributed by atoms with van der Waals surface area (Å²) in [6, 6.07) is 17.5. The van der Waals surface area contributed by atoms with Crippen LogP contribution in [0.3, 0.4) is 0 Å². The molecule has 0 saturated heterocycles. The Morgan fingerprint density at radius 3 is 2.55 bits per heavy atom. The van der Waals surface area contributed by atoms with Crippen LogP contribution >= 0.6 is 11.3 Å². The predicted molar refractivity (Wildman–Crippen MR) is 125 cm³/mol. The van der Waals surface area contributed by atoms with Gasteiger partial charge >= 0.3 is 0 Å². The summed E-state index contributed by atoms with van der Waals surface area (Å²) >= 11 is 1.42. The molecule has 7 heteroatoms. The summed E-state index contributed by atoms with van der Waals surface area (Å²) in [5.41, 5.74) is 3.93. The van der Waals surface area contributed by atoms with Crippen molar-refractivity contribution in [3.05, 3.63) is 76.0 Å². The van der Waals surface area contributed by atoms with Crippen LogP contribution in [0.1, 0.15) is 33.3 Å². The zero-order valence-electron chi connectivity index (χ0n) is 18.0. The van der Waals surface area contributed by atoms with Crippen molar-refractivity contribution >= 4 is 28.6 Å². The second-order valence-corrected chi connectivity index (χ2v) is 8.40. The van der Waals surface area contributed by atoms with Gasteiger partial charge in [0.05, 0.1) is 30.9 Å². The van der Waals surface area contributed by atoms with Gasteiger partial charge in [-0.15, -0.1) is 11.3 Å². The van der Waals surface area contributed by atoms with Crippen molar-refractivity contribution in [2.24, 2.45) is 5.10 Å². The maximum atomic E-state index is 13.3. The van der Waals surface area contributed by atoms with Crippen LogP contribution in [0, 0.1) is 0 Å². The number of hydrazone groups is 1. The summed E-state index contributed by atoms with van der Waals surface area (Å²) in [6.45, 7) is 0. The minimum Gasteiger partial charge on any atom is -0.493 e. The van der Waals surface area contributed by atoms with E-state index in [1.807, 2.05) is 61.9 Å². The molecular formula is C24H25N3O3S. The van der Waals surface area contributed by atoms with Gasteiger partial charge in [-0.3, -0.25) is 4.79 Å². The van der Waals surface area contributed by atoms with E-state index >= 15 is 0 Å². The Kier molecular flexibility index (Phi) is 5.95. The average molecular weight is 436 g/mol. The highest BCUT2D eigenvalue weighted by atomic mass is 32.1. The highest BCUT2D eigenvalue weighted by molar-refractivity contribution is 7.12. The number of carbonyl (C=O) groups excluding carboxylic acids is 1. The fourth-order valence-corrected chi connectivity index (χ4v) is 4.32. The molecule has 3 aromatic rings. The number of hydrogen-bond donors (Lipinski definition) is 0. The Hall–Kier alpha value is -3.32. The Bertz CT molecular complexity index is 1110. The maximum Gasteiger partial charge on any atom is 0.284 e. The molecule has 31 heavy (non-hydrogen) atoms. The number of rotatable bonds is 6. The van der Waals surface area contributed by atoms with E-state index in [0.29, 0.717) is 22.8 Å². The van der Waals surface area contributed by atoms with Crippen LogP contribution in [0.4, 0.5) is 5.69 Å². The molecule has 1 atom stereocenters. The van der Waals surface area contributed by atoms with Gasteiger partial charge < -0.3 is 14.4 Å². The second kappa shape index (κ2) is 8.81. The topological polar surface area (TPSA) is 54.4 Å². The highest BCUT2D eigenvalue weighted by Gasteiger charge is 2.34. The fourth-order valence-electron chi connectivity index (χ4n) is 3.67. The summed E-state index contributed by atoms with van der Waals surface area (Å²) in [6.07, 6.45) is 0.615. The number of amides is 1. The minimum absolute atomic E-state index is 0.103. The van der Waals surface area contributed by atoms with E-state index in [9.17, 15) is 4.79 Å². The largest absolute Gasteiger partial charge is 0.493 e. The van der Waals surface area contributed by atoms with E-state index in [1.54, 1.807) is 19.2 Å². The van der Waals surface area contributed by atoms with Crippen LogP contribution in [0.25, 0.3) is 0 Å². The molecule has 2 aromatic carbocycles. The van der Waals surface area contributed by atoms with E-state index in [0.717, 1.165) is 22.5 Å². The lowest BCUT2D eigenvalue weighted by Gasteiger charge is -2.22. The van der Waals surface area contributed by atoms with Crippen molar-refractivity contribution in [2.45, 2.75) is 12.5 Å². The van der Waals surface area contributed by atoms with Crippen molar-refractivity contribution in [1.82, 2.24) is 5.01 Å². The fraction of sp³-hybridized carbons (Fsp3) is 0.250. The van der Waals surface area contributed by atoms with E-state index in [1.165, 1.54) is 11.3 Å². The number of ether oxygens (including phenoxy) is 2. The number of nitrogens with zero attached hydrogens (tertiary/aromatic N) is 3. The zero-order valence-corrected chi connectivity index (χ0v) is 18.8. The molecule has 0 bridgehead atoms. The molecule has 6 nitrogen and oxygen atoms in total. The number of methoxy groups -OCH3 is 2. The van der Waals surface area contributed by atoms with E-state index < -0.39 is 0 Å². The molecule has 160 valence electrons. The lowest BCUT2D eigenvalue weighted by Crippen LogP contribution is -2.26. The Morgan fingerprint density at radius 2 is 1.87 bits per heavy atom. The highest BCUT2D eigenvalue weighted by Crippen LogP contribution is 2.38. The Balaban J connectivity index is 1.74. The molecule has 0 spiro atoms. The van der Waals surface area contributed by atoms with E-state index in [2.05, 4.69) is 17.0 Å². The average Bonchev–Trinajstić information content (AvgIpc) is 3.49. The first-order valence-corrected chi connectivity index (χ1v) is 10.8. The second-order valence-electron chi connectivity index (χ2n) is 7.45. The van der Waals surface area contributed by atoms with Crippen LogP contribution in [0.5, 0.6) is 11.5 Å². The first-order chi connectivity index (χ1) is 15.0. The third-order valence-electron chi connectivity index (χ3n) is 5.34. The SMILES string of the molecule is COc1ccc(C2CC(c3cccc(N(C)C)c3)=NN2C(=O)c2cccs2)cc1OC. The van der Waals surface area contributed by atoms with E-state index in [-0.39, 0.29) is 11.9 Å². The summed E-state index contributed by atoms with van der Waals surface area (Å²) in [5.74, 6) is 1.18. The van der Waals surface area contributed by atoms with Crippen molar-refractivity contribution < 1.29 is 14.3 Å². The number of benzene rings is 2. The number of carbonyl (C=O) groups is 1. The number of hydrogen-bond acceptors (Lipinski definition) is 6. The van der Waals surface area contributed by atoms with Crippen molar-refractivity contribution in [2.75, 3.05) is 33.2 Å². The van der Waals surface area contributed by atoms with Gasteiger partial charge in [-0.2, -0.15) is 5.10 Å². The first kappa shape index (κ1) is 20.9. The Labute approximate surface area is 186 Å². The minimum atomic E-state index is -0.229. The van der Waals surface area contributed by atoms with Gasteiger partial charge in [0, 0.05) is 26.2 Å². The van der Waals surface area contributed by atoms with Crippen LogP contribution in [0.15, 0.2) is 65.1 Å².